The normalized spacial score (nSPS) is 11.4. The summed E-state index contributed by atoms with van der Waals surface area (Å²) in [4.78, 5) is 24.3. The van der Waals surface area contributed by atoms with Gasteiger partial charge in [0.15, 0.2) is 0 Å². The molecule has 0 spiro atoms. The van der Waals surface area contributed by atoms with Crippen molar-refractivity contribution in [1.29, 1.82) is 0 Å². The van der Waals surface area contributed by atoms with Gasteiger partial charge in [0.1, 0.15) is 11.5 Å². The first-order valence-corrected chi connectivity index (χ1v) is 8.38. The third kappa shape index (κ3) is 4.89. The number of hydrogen-bond donors (Lipinski definition) is 2. The van der Waals surface area contributed by atoms with Gasteiger partial charge >= 0.3 is 0 Å². The summed E-state index contributed by atoms with van der Waals surface area (Å²) in [5, 5.41) is 5.71. The first-order valence-electron chi connectivity index (χ1n) is 8.00. The Morgan fingerprint density at radius 1 is 1.12 bits per heavy atom. The number of nitrogens with one attached hydrogen (secondary N) is 2. The van der Waals surface area contributed by atoms with Gasteiger partial charge in [-0.2, -0.15) is 0 Å². The fourth-order valence-corrected chi connectivity index (χ4v) is 2.67. The molecule has 2 N–H and O–H groups in total. The standard InChI is InChI=1S/C19H21ClN2O4/c1-12(15-10-13(25-2)8-9-17(15)26-3)22-18(23)11-21-19(24)14-6-4-5-7-16(14)20/h4-10,12H,11H2,1-3H3,(H,21,24)(H,22,23). The summed E-state index contributed by atoms with van der Waals surface area (Å²) in [6.45, 7) is 1.66. The number of rotatable bonds is 7. The molecule has 26 heavy (non-hydrogen) atoms. The van der Waals surface area contributed by atoms with Crippen molar-refractivity contribution in [2.45, 2.75) is 13.0 Å². The lowest BCUT2D eigenvalue weighted by Crippen LogP contribution is -2.38. The second-order valence-electron chi connectivity index (χ2n) is 5.56. The maximum atomic E-state index is 12.2. The van der Waals surface area contributed by atoms with Gasteiger partial charge in [-0.15, -0.1) is 0 Å². The molecule has 7 heteroatoms. The molecule has 6 nitrogen and oxygen atoms in total. The van der Waals surface area contributed by atoms with E-state index >= 15 is 0 Å². The van der Waals surface area contributed by atoms with Crippen LogP contribution in [0.15, 0.2) is 42.5 Å². The molecule has 0 aromatic heterocycles. The summed E-state index contributed by atoms with van der Waals surface area (Å²) in [6.07, 6.45) is 0. The maximum Gasteiger partial charge on any atom is 0.253 e. The second-order valence-corrected chi connectivity index (χ2v) is 5.97. The number of hydrogen-bond acceptors (Lipinski definition) is 4. The highest BCUT2D eigenvalue weighted by Gasteiger charge is 2.16. The fourth-order valence-electron chi connectivity index (χ4n) is 2.45. The number of benzene rings is 2. The van der Waals surface area contributed by atoms with Crippen molar-refractivity contribution < 1.29 is 19.1 Å². The van der Waals surface area contributed by atoms with Crippen LogP contribution in [0.3, 0.4) is 0 Å². The van der Waals surface area contributed by atoms with Crippen LogP contribution in [0.5, 0.6) is 11.5 Å². The average molecular weight is 377 g/mol. The zero-order valence-electron chi connectivity index (χ0n) is 14.8. The molecule has 0 fully saturated rings. The minimum atomic E-state index is -0.405. The van der Waals surface area contributed by atoms with E-state index in [1.54, 1.807) is 56.7 Å². The maximum absolute atomic E-state index is 12.2. The molecule has 0 saturated heterocycles. The lowest BCUT2D eigenvalue weighted by molar-refractivity contribution is -0.120. The van der Waals surface area contributed by atoms with E-state index < -0.39 is 5.91 Å². The quantitative estimate of drug-likeness (QED) is 0.778. The molecule has 0 aliphatic heterocycles. The van der Waals surface area contributed by atoms with Crippen LogP contribution in [-0.4, -0.2) is 32.6 Å². The van der Waals surface area contributed by atoms with Crippen LogP contribution in [0.1, 0.15) is 28.9 Å². The van der Waals surface area contributed by atoms with Crippen molar-refractivity contribution >= 4 is 23.4 Å². The predicted molar refractivity (Wildman–Crippen MR) is 99.9 cm³/mol. The Kier molecular flexibility index (Phi) is 6.86. The molecule has 138 valence electrons. The highest BCUT2D eigenvalue weighted by atomic mass is 35.5. The van der Waals surface area contributed by atoms with E-state index in [0.717, 1.165) is 5.56 Å². The molecule has 2 aromatic rings. The Labute approximate surface area is 157 Å². The molecule has 2 amide bonds. The number of amides is 2. The lowest BCUT2D eigenvalue weighted by Gasteiger charge is -2.18. The average Bonchev–Trinajstić information content (AvgIpc) is 2.65. The summed E-state index contributed by atoms with van der Waals surface area (Å²) in [5.41, 5.74) is 1.10. The molecule has 0 aliphatic rings. The molecule has 1 unspecified atom stereocenters. The van der Waals surface area contributed by atoms with E-state index in [-0.39, 0.29) is 18.5 Å². The second kappa shape index (κ2) is 9.10. The van der Waals surface area contributed by atoms with Crippen LogP contribution in [0.2, 0.25) is 5.02 Å². The number of halogens is 1. The van der Waals surface area contributed by atoms with Gasteiger partial charge in [-0.05, 0) is 37.3 Å². The predicted octanol–water partition coefficient (Wildman–Crippen LogP) is 2.96. The minimum absolute atomic E-state index is 0.166. The van der Waals surface area contributed by atoms with Gasteiger partial charge in [0, 0.05) is 5.56 Å². The van der Waals surface area contributed by atoms with Gasteiger partial charge in [-0.25, -0.2) is 0 Å². The molecule has 2 aromatic carbocycles. The molecule has 0 radical (unpaired) electrons. The summed E-state index contributed by atoms with van der Waals surface area (Å²) in [5.74, 6) is 0.563. The molecular formula is C19H21ClN2O4. The smallest absolute Gasteiger partial charge is 0.253 e. The van der Waals surface area contributed by atoms with Crippen molar-refractivity contribution in [2.24, 2.45) is 0 Å². The molecule has 2 rings (SSSR count). The van der Waals surface area contributed by atoms with Crippen LogP contribution in [-0.2, 0) is 4.79 Å². The van der Waals surface area contributed by atoms with E-state index in [1.807, 2.05) is 6.92 Å². The van der Waals surface area contributed by atoms with Crippen LogP contribution >= 0.6 is 11.6 Å². The van der Waals surface area contributed by atoms with Gasteiger partial charge < -0.3 is 20.1 Å². The van der Waals surface area contributed by atoms with E-state index in [2.05, 4.69) is 10.6 Å². The van der Waals surface area contributed by atoms with Crippen molar-refractivity contribution in [2.75, 3.05) is 20.8 Å². The molecule has 0 saturated carbocycles. The van der Waals surface area contributed by atoms with Gasteiger partial charge in [0.05, 0.1) is 37.4 Å². The van der Waals surface area contributed by atoms with Crippen molar-refractivity contribution in [3.63, 3.8) is 0 Å². The zero-order chi connectivity index (χ0) is 19.1. The van der Waals surface area contributed by atoms with Crippen LogP contribution in [0.25, 0.3) is 0 Å². The highest BCUT2D eigenvalue weighted by molar-refractivity contribution is 6.33. The Bertz CT molecular complexity index is 795. The van der Waals surface area contributed by atoms with E-state index in [9.17, 15) is 9.59 Å². The SMILES string of the molecule is COc1ccc(OC)c(C(C)NC(=O)CNC(=O)c2ccccc2Cl)c1. The number of carbonyl (C=O) groups is 2. The van der Waals surface area contributed by atoms with Crippen molar-refractivity contribution in [3.8, 4) is 11.5 Å². The van der Waals surface area contributed by atoms with Gasteiger partial charge in [-0.1, -0.05) is 23.7 Å². The Hall–Kier alpha value is -2.73. The Morgan fingerprint density at radius 2 is 1.85 bits per heavy atom. The monoisotopic (exact) mass is 376 g/mol. The summed E-state index contributed by atoms with van der Waals surface area (Å²) in [6, 6.07) is 11.7. The summed E-state index contributed by atoms with van der Waals surface area (Å²) in [7, 11) is 3.13. The molecule has 0 bridgehead atoms. The Morgan fingerprint density at radius 3 is 2.50 bits per heavy atom. The van der Waals surface area contributed by atoms with Crippen LogP contribution in [0.4, 0.5) is 0 Å². The summed E-state index contributed by atoms with van der Waals surface area (Å²) >= 11 is 5.97. The molecule has 1 atom stereocenters. The van der Waals surface area contributed by atoms with Crippen molar-refractivity contribution in [1.82, 2.24) is 10.6 Å². The number of methoxy groups -OCH3 is 2. The first-order chi connectivity index (χ1) is 12.5. The van der Waals surface area contributed by atoms with E-state index in [4.69, 9.17) is 21.1 Å². The van der Waals surface area contributed by atoms with Gasteiger partial charge in [0.25, 0.3) is 5.91 Å². The van der Waals surface area contributed by atoms with E-state index in [0.29, 0.717) is 22.1 Å². The first kappa shape index (κ1) is 19.6. The molecule has 0 heterocycles. The van der Waals surface area contributed by atoms with Crippen molar-refractivity contribution in [3.05, 3.63) is 58.6 Å². The van der Waals surface area contributed by atoms with Gasteiger partial charge in [-0.3, -0.25) is 9.59 Å². The third-order valence-electron chi connectivity index (χ3n) is 3.81. The molecular weight excluding hydrogens is 356 g/mol. The topological polar surface area (TPSA) is 76.7 Å². The van der Waals surface area contributed by atoms with Gasteiger partial charge in [0.2, 0.25) is 5.91 Å². The Balaban J connectivity index is 1.97. The fraction of sp³-hybridized carbons (Fsp3) is 0.263. The number of ether oxygens (including phenoxy) is 2. The highest BCUT2D eigenvalue weighted by Crippen LogP contribution is 2.29. The lowest BCUT2D eigenvalue weighted by atomic mass is 10.1. The van der Waals surface area contributed by atoms with Crippen LogP contribution < -0.4 is 20.1 Å². The number of carbonyl (C=O) groups excluding carboxylic acids is 2. The zero-order valence-corrected chi connectivity index (χ0v) is 15.6. The van der Waals surface area contributed by atoms with E-state index in [1.165, 1.54) is 0 Å². The molecule has 0 aliphatic carbocycles. The van der Waals surface area contributed by atoms with Crippen LogP contribution in [0, 0.1) is 0 Å². The largest absolute Gasteiger partial charge is 0.497 e. The minimum Gasteiger partial charge on any atom is -0.497 e. The summed E-state index contributed by atoms with van der Waals surface area (Å²) < 4.78 is 10.5. The third-order valence-corrected chi connectivity index (χ3v) is 4.14.